The van der Waals surface area contributed by atoms with Gasteiger partial charge in [0.15, 0.2) is 6.10 Å². The van der Waals surface area contributed by atoms with Crippen molar-refractivity contribution in [2.24, 2.45) is 0 Å². The van der Waals surface area contributed by atoms with Gasteiger partial charge in [-0.2, -0.15) is 0 Å². The van der Waals surface area contributed by atoms with E-state index in [4.69, 9.17) is 19.1 Å². The Hall–Kier alpha value is -2.59. The first kappa shape index (κ1) is 52.4. The van der Waals surface area contributed by atoms with E-state index >= 15 is 0 Å². The number of aliphatic hydroxyl groups excluding tert-OH is 2. The SMILES string of the molecule is CC/C=C/C/C=C/C/C=C/CCCCCCCC(=O)O[C@H](COC(=O)CCC/C=C/C/C=C/C/C=C/CCCCCCCC)COP(=O)(O)OC[C@@H](O)CO. The van der Waals surface area contributed by atoms with Crippen molar-refractivity contribution in [1.29, 1.82) is 0 Å². The van der Waals surface area contributed by atoms with E-state index in [0.29, 0.717) is 19.3 Å². The van der Waals surface area contributed by atoms with Crippen LogP contribution in [0.25, 0.3) is 0 Å². The van der Waals surface area contributed by atoms with Crippen LogP contribution in [0.4, 0.5) is 0 Å². The molecule has 0 rings (SSSR count). The summed E-state index contributed by atoms with van der Waals surface area (Å²) in [5.41, 5.74) is 0. The number of phosphoric ester groups is 1. The van der Waals surface area contributed by atoms with Crippen LogP contribution >= 0.6 is 7.82 Å². The van der Waals surface area contributed by atoms with Gasteiger partial charge < -0.3 is 24.6 Å². The molecule has 0 aliphatic rings. The first-order chi connectivity index (χ1) is 26.7. The van der Waals surface area contributed by atoms with E-state index in [2.05, 4.69) is 85.2 Å². The topological polar surface area (TPSA) is 149 Å². The number of ether oxygens (including phenoxy) is 2. The molecule has 0 aliphatic carbocycles. The van der Waals surface area contributed by atoms with Crippen molar-refractivity contribution in [3.8, 4) is 0 Å². The molecule has 0 aromatic heterocycles. The number of aliphatic hydroxyl groups is 2. The monoisotopic (exact) mass is 795 g/mol. The van der Waals surface area contributed by atoms with Crippen LogP contribution < -0.4 is 0 Å². The lowest BCUT2D eigenvalue weighted by molar-refractivity contribution is -0.161. The quantitative estimate of drug-likeness (QED) is 0.0239. The van der Waals surface area contributed by atoms with Gasteiger partial charge in [0.25, 0.3) is 0 Å². The molecule has 3 atom stereocenters. The van der Waals surface area contributed by atoms with Crippen LogP contribution in [-0.4, -0.2) is 65.7 Å². The highest BCUT2D eigenvalue weighted by atomic mass is 31.2. The van der Waals surface area contributed by atoms with Crippen molar-refractivity contribution in [2.45, 2.75) is 167 Å². The molecule has 0 aliphatic heterocycles. The predicted octanol–water partition coefficient (Wildman–Crippen LogP) is 10.9. The van der Waals surface area contributed by atoms with Gasteiger partial charge in [-0.15, -0.1) is 0 Å². The second-order valence-electron chi connectivity index (χ2n) is 13.6. The number of allylic oxidation sites excluding steroid dienone is 12. The highest BCUT2D eigenvalue weighted by Crippen LogP contribution is 2.43. The standard InChI is InChI=1S/C44H75O10P/c1-3-5-7-9-11-13-15-17-19-20-22-23-25-27-29-31-33-35-43(47)51-39-42(40-53-55(49,50)52-38-41(46)37-45)54-44(48)36-34-32-30-28-26-24-21-18-16-14-12-10-8-6-4-2/h6,8,12,14,17-19,21-23,27,29,41-42,45-46H,3-5,7,9-11,13,15-16,20,24-26,28,30-40H2,1-2H3,(H,49,50)/b8-6+,14-12+,19-17+,21-18+,23-22+,29-27+/t41-,42+/m0/s1. The zero-order chi connectivity index (χ0) is 40.5. The lowest BCUT2D eigenvalue weighted by Crippen LogP contribution is -2.29. The van der Waals surface area contributed by atoms with Crippen molar-refractivity contribution in [1.82, 2.24) is 0 Å². The Morgan fingerprint density at radius 1 is 0.564 bits per heavy atom. The van der Waals surface area contributed by atoms with Crippen molar-refractivity contribution in [2.75, 3.05) is 26.4 Å². The van der Waals surface area contributed by atoms with E-state index in [1.165, 1.54) is 38.5 Å². The molecule has 0 aromatic rings. The van der Waals surface area contributed by atoms with E-state index in [0.717, 1.165) is 70.6 Å². The number of esters is 2. The largest absolute Gasteiger partial charge is 0.472 e. The normalized spacial score (nSPS) is 14.6. The van der Waals surface area contributed by atoms with Gasteiger partial charge in [-0.1, -0.05) is 138 Å². The minimum atomic E-state index is -4.64. The Balaban J connectivity index is 4.44. The van der Waals surface area contributed by atoms with Crippen LogP contribution in [0.2, 0.25) is 0 Å². The molecule has 0 bridgehead atoms. The van der Waals surface area contributed by atoms with Crippen molar-refractivity contribution in [3.63, 3.8) is 0 Å². The number of unbranched alkanes of at least 4 members (excludes halogenated alkanes) is 12. The number of phosphoric acid groups is 1. The van der Waals surface area contributed by atoms with Gasteiger partial charge in [0.05, 0.1) is 19.8 Å². The second-order valence-corrected chi connectivity index (χ2v) is 15.1. The molecule has 0 fully saturated rings. The maximum atomic E-state index is 12.6. The molecule has 0 aromatic carbocycles. The Bertz CT molecular complexity index is 1140. The average Bonchev–Trinajstić information content (AvgIpc) is 3.17. The summed E-state index contributed by atoms with van der Waals surface area (Å²) in [6.45, 7) is 2.16. The van der Waals surface area contributed by atoms with Crippen molar-refractivity contribution < 1.29 is 47.8 Å². The Kier molecular flexibility index (Phi) is 37.8. The second kappa shape index (κ2) is 39.6. The molecule has 0 amide bonds. The summed E-state index contributed by atoms with van der Waals surface area (Å²) in [6.07, 6.45) is 44.5. The molecule has 11 heteroatoms. The first-order valence-corrected chi connectivity index (χ1v) is 22.4. The highest BCUT2D eigenvalue weighted by Gasteiger charge is 2.27. The lowest BCUT2D eigenvalue weighted by atomic mass is 10.1. The van der Waals surface area contributed by atoms with Gasteiger partial charge in [0.1, 0.15) is 12.7 Å². The Morgan fingerprint density at radius 2 is 1.02 bits per heavy atom. The molecule has 0 spiro atoms. The van der Waals surface area contributed by atoms with Gasteiger partial charge in [-0.05, 0) is 77.0 Å². The summed E-state index contributed by atoms with van der Waals surface area (Å²) in [5, 5.41) is 18.3. The Morgan fingerprint density at radius 3 is 1.56 bits per heavy atom. The maximum absolute atomic E-state index is 12.6. The summed E-state index contributed by atoms with van der Waals surface area (Å²) >= 11 is 0. The highest BCUT2D eigenvalue weighted by molar-refractivity contribution is 7.47. The summed E-state index contributed by atoms with van der Waals surface area (Å²) in [4.78, 5) is 34.9. The maximum Gasteiger partial charge on any atom is 0.472 e. The smallest absolute Gasteiger partial charge is 0.462 e. The van der Waals surface area contributed by atoms with E-state index in [9.17, 15) is 24.2 Å². The van der Waals surface area contributed by atoms with Crippen LogP contribution in [0.5, 0.6) is 0 Å². The van der Waals surface area contributed by atoms with Crippen molar-refractivity contribution >= 4 is 19.8 Å². The molecule has 3 N–H and O–H groups in total. The van der Waals surface area contributed by atoms with Crippen LogP contribution in [0.1, 0.15) is 155 Å². The minimum Gasteiger partial charge on any atom is -0.462 e. The van der Waals surface area contributed by atoms with Crippen LogP contribution in [0, 0.1) is 0 Å². The minimum absolute atomic E-state index is 0.150. The molecule has 0 saturated heterocycles. The van der Waals surface area contributed by atoms with E-state index < -0.39 is 51.8 Å². The van der Waals surface area contributed by atoms with Gasteiger partial charge in [-0.25, -0.2) is 4.57 Å². The predicted molar refractivity (Wildman–Crippen MR) is 223 cm³/mol. The molecule has 316 valence electrons. The summed E-state index contributed by atoms with van der Waals surface area (Å²) < 4.78 is 32.6. The molecular formula is C44H75O10P. The first-order valence-electron chi connectivity index (χ1n) is 20.9. The number of carbonyl (C=O) groups excluding carboxylic acids is 2. The molecule has 0 saturated carbocycles. The molecular weight excluding hydrogens is 719 g/mol. The number of hydrogen-bond acceptors (Lipinski definition) is 9. The van der Waals surface area contributed by atoms with Crippen LogP contribution in [0.3, 0.4) is 0 Å². The average molecular weight is 795 g/mol. The number of hydrogen-bond donors (Lipinski definition) is 3. The van der Waals surface area contributed by atoms with Crippen LogP contribution in [0.15, 0.2) is 72.9 Å². The number of rotatable bonds is 38. The third kappa shape index (κ3) is 39.4. The van der Waals surface area contributed by atoms with Gasteiger partial charge in [0.2, 0.25) is 0 Å². The third-order valence-corrected chi connectivity index (χ3v) is 9.30. The zero-order valence-corrected chi connectivity index (χ0v) is 35.0. The Labute approximate surface area is 333 Å². The van der Waals surface area contributed by atoms with Crippen LogP contribution in [-0.2, 0) is 32.7 Å². The third-order valence-electron chi connectivity index (χ3n) is 8.34. The van der Waals surface area contributed by atoms with Gasteiger partial charge in [-0.3, -0.25) is 18.6 Å². The summed E-state index contributed by atoms with van der Waals surface area (Å²) in [7, 11) is -4.64. The number of carbonyl (C=O) groups is 2. The van der Waals surface area contributed by atoms with Crippen molar-refractivity contribution in [3.05, 3.63) is 72.9 Å². The van der Waals surface area contributed by atoms with E-state index in [1.807, 2.05) is 6.08 Å². The van der Waals surface area contributed by atoms with Gasteiger partial charge in [0, 0.05) is 12.8 Å². The fraction of sp³-hybridized carbons (Fsp3) is 0.682. The van der Waals surface area contributed by atoms with E-state index in [-0.39, 0.29) is 19.4 Å². The molecule has 10 nitrogen and oxygen atoms in total. The fourth-order valence-corrected chi connectivity index (χ4v) is 5.93. The molecule has 1 unspecified atom stereocenters. The molecule has 0 radical (unpaired) electrons. The summed E-state index contributed by atoms with van der Waals surface area (Å²) in [5.74, 6) is -1.01. The molecule has 55 heavy (non-hydrogen) atoms. The lowest BCUT2D eigenvalue weighted by Gasteiger charge is -2.20. The van der Waals surface area contributed by atoms with Gasteiger partial charge >= 0.3 is 19.8 Å². The zero-order valence-electron chi connectivity index (χ0n) is 34.1. The summed E-state index contributed by atoms with van der Waals surface area (Å²) in [6, 6.07) is 0. The van der Waals surface area contributed by atoms with E-state index in [1.54, 1.807) is 0 Å². The fourth-order valence-electron chi connectivity index (χ4n) is 5.14. The molecule has 0 heterocycles.